The largest absolute Gasteiger partial charge is 0.490 e. The van der Waals surface area contributed by atoms with Crippen LogP contribution in [0.25, 0.3) is 10.2 Å². The van der Waals surface area contributed by atoms with Crippen molar-refractivity contribution in [3.8, 4) is 11.5 Å². The zero-order chi connectivity index (χ0) is 19.4. The number of amides is 1. The third kappa shape index (κ3) is 4.57. The molecule has 0 atom stereocenters. The smallest absolute Gasteiger partial charge is 0.257 e. The first-order valence-corrected chi connectivity index (χ1v) is 9.86. The molecular formula is C21H24N2O3S. The average Bonchev–Trinajstić information content (AvgIpc) is 3.04. The molecule has 2 aromatic carbocycles. The Balaban J connectivity index is 1.80. The van der Waals surface area contributed by atoms with E-state index in [1.54, 1.807) is 18.2 Å². The summed E-state index contributed by atoms with van der Waals surface area (Å²) in [5.41, 5.74) is 2.52. The number of hydrogen-bond acceptors (Lipinski definition) is 5. The fourth-order valence-electron chi connectivity index (χ4n) is 2.60. The van der Waals surface area contributed by atoms with Crippen LogP contribution in [0.4, 0.5) is 5.13 Å². The maximum Gasteiger partial charge on any atom is 0.257 e. The zero-order valence-electron chi connectivity index (χ0n) is 16.0. The summed E-state index contributed by atoms with van der Waals surface area (Å²) in [6, 6.07) is 11.2. The van der Waals surface area contributed by atoms with Crippen LogP contribution in [-0.2, 0) is 0 Å². The molecule has 1 heterocycles. The fourth-order valence-corrected chi connectivity index (χ4v) is 3.54. The molecule has 0 fully saturated rings. The van der Waals surface area contributed by atoms with Crippen molar-refractivity contribution in [2.45, 2.75) is 27.7 Å². The second kappa shape index (κ2) is 8.39. The second-order valence-corrected chi connectivity index (χ2v) is 7.72. The first kappa shape index (κ1) is 19.2. The Morgan fingerprint density at radius 2 is 2.00 bits per heavy atom. The quantitative estimate of drug-likeness (QED) is 0.601. The molecule has 3 rings (SSSR count). The van der Waals surface area contributed by atoms with Crippen LogP contribution in [0.3, 0.4) is 0 Å². The summed E-state index contributed by atoms with van der Waals surface area (Å²) in [6.45, 7) is 9.18. The molecule has 1 amide bonds. The lowest BCUT2D eigenvalue weighted by Gasteiger charge is -2.14. The number of benzene rings is 2. The molecule has 27 heavy (non-hydrogen) atoms. The van der Waals surface area contributed by atoms with Crippen LogP contribution in [0.15, 0.2) is 36.4 Å². The van der Waals surface area contributed by atoms with Gasteiger partial charge in [0.05, 0.1) is 23.4 Å². The van der Waals surface area contributed by atoms with Crippen LogP contribution >= 0.6 is 11.3 Å². The SMILES string of the molecule is CCOc1cc(C(=O)Nc2nc3c(C)cccc3s2)ccc1OCC(C)C. The molecule has 6 heteroatoms. The van der Waals surface area contributed by atoms with E-state index in [4.69, 9.17) is 9.47 Å². The van der Waals surface area contributed by atoms with Gasteiger partial charge >= 0.3 is 0 Å². The molecule has 1 aromatic heterocycles. The number of fused-ring (bicyclic) bond motifs is 1. The van der Waals surface area contributed by atoms with E-state index in [1.165, 1.54) is 11.3 Å². The molecule has 1 N–H and O–H groups in total. The van der Waals surface area contributed by atoms with Crippen molar-refractivity contribution < 1.29 is 14.3 Å². The van der Waals surface area contributed by atoms with Crippen molar-refractivity contribution >= 4 is 32.6 Å². The Hall–Kier alpha value is -2.60. The first-order chi connectivity index (χ1) is 13.0. The summed E-state index contributed by atoms with van der Waals surface area (Å²) in [7, 11) is 0. The summed E-state index contributed by atoms with van der Waals surface area (Å²) in [4.78, 5) is 17.2. The Kier molecular flexibility index (Phi) is 5.96. The summed E-state index contributed by atoms with van der Waals surface area (Å²) in [5, 5.41) is 3.47. The van der Waals surface area contributed by atoms with E-state index < -0.39 is 0 Å². The van der Waals surface area contributed by atoms with Crippen molar-refractivity contribution in [1.29, 1.82) is 0 Å². The number of hydrogen-bond donors (Lipinski definition) is 1. The van der Waals surface area contributed by atoms with Crippen LogP contribution in [0.2, 0.25) is 0 Å². The minimum Gasteiger partial charge on any atom is -0.490 e. The van der Waals surface area contributed by atoms with Gasteiger partial charge in [-0.3, -0.25) is 10.1 Å². The molecule has 0 saturated heterocycles. The average molecular weight is 385 g/mol. The number of thiazole rings is 1. The van der Waals surface area contributed by atoms with Crippen LogP contribution in [0.5, 0.6) is 11.5 Å². The predicted molar refractivity (Wildman–Crippen MR) is 110 cm³/mol. The van der Waals surface area contributed by atoms with Gasteiger partial charge in [0.2, 0.25) is 0 Å². The molecule has 0 bridgehead atoms. The number of anilines is 1. The molecule has 0 unspecified atom stereocenters. The van der Waals surface area contributed by atoms with E-state index in [-0.39, 0.29) is 5.91 Å². The fraction of sp³-hybridized carbons (Fsp3) is 0.333. The van der Waals surface area contributed by atoms with Crippen LogP contribution in [-0.4, -0.2) is 24.1 Å². The Bertz CT molecular complexity index is 950. The predicted octanol–water partition coefficient (Wildman–Crippen LogP) is 5.29. The number of rotatable bonds is 7. The van der Waals surface area contributed by atoms with E-state index in [9.17, 15) is 4.79 Å². The molecule has 3 aromatic rings. The summed E-state index contributed by atoms with van der Waals surface area (Å²) >= 11 is 1.46. The lowest BCUT2D eigenvalue weighted by Crippen LogP contribution is -2.12. The monoisotopic (exact) mass is 384 g/mol. The number of nitrogens with zero attached hydrogens (tertiary/aromatic N) is 1. The highest BCUT2D eigenvalue weighted by molar-refractivity contribution is 7.22. The molecular weight excluding hydrogens is 360 g/mol. The van der Waals surface area contributed by atoms with Crippen molar-refractivity contribution in [3.05, 3.63) is 47.5 Å². The van der Waals surface area contributed by atoms with Gasteiger partial charge < -0.3 is 9.47 Å². The van der Waals surface area contributed by atoms with Gasteiger partial charge in [-0.05, 0) is 49.6 Å². The van der Waals surface area contributed by atoms with Crippen LogP contribution in [0, 0.1) is 12.8 Å². The Labute approximate surface area is 163 Å². The molecule has 0 aliphatic carbocycles. The summed E-state index contributed by atoms with van der Waals surface area (Å²) in [6.07, 6.45) is 0. The van der Waals surface area contributed by atoms with Gasteiger partial charge in [-0.15, -0.1) is 0 Å². The van der Waals surface area contributed by atoms with E-state index >= 15 is 0 Å². The normalized spacial score (nSPS) is 11.0. The third-order valence-corrected chi connectivity index (χ3v) is 4.86. The van der Waals surface area contributed by atoms with Crippen molar-refractivity contribution in [2.24, 2.45) is 5.92 Å². The number of carbonyl (C=O) groups is 1. The molecule has 0 spiro atoms. The number of nitrogens with one attached hydrogen (secondary N) is 1. The van der Waals surface area contributed by atoms with Gasteiger partial charge in [0, 0.05) is 5.56 Å². The lowest BCUT2D eigenvalue weighted by atomic mass is 10.2. The minimum absolute atomic E-state index is 0.219. The van der Waals surface area contributed by atoms with Gasteiger partial charge in [-0.1, -0.05) is 37.3 Å². The second-order valence-electron chi connectivity index (χ2n) is 6.69. The lowest BCUT2D eigenvalue weighted by molar-refractivity contribution is 0.102. The number of para-hydroxylation sites is 1. The number of aromatic nitrogens is 1. The number of carbonyl (C=O) groups excluding carboxylic acids is 1. The molecule has 0 aliphatic heterocycles. The van der Waals surface area contributed by atoms with E-state index in [1.807, 2.05) is 32.0 Å². The highest BCUT2D eigenvalue weighted by Crippen LogP contribution is 2.31. The van der Waals surface area contributed by atoms with E-state index in [2.05, 4.69) is 24.1 Å². The number of ether oxygens (including phenoxy) is 2. The van der Waals surface area contributed by atoms with Gasteiger partial charge in [-0.25, -0.2) is 4.98 Å². The molecule has 142 valence electrons. The third-order valence-electron chi connectivity index (χ3n) is 3.92. The highest BCUT2D eigenvalue weighted by atomic mass is 32.1. The standard InChI is InChI=1S/C21H24N2O3S/c1-5-25-17-11-15(9-10-16(17)26-12-13(2)3)20(24)23-21-22-19-14(4)7-6-8-18(19)27-21/h6-11,13H,5,12H2,1-4H3,(H,22,23,24). The van der Waals surface area contributed by atoms with Crippen LogP contribution in [0.1, 0.15) is 36.7 Å². The molecule has 0 saturated carbocycles. The Morgan fingerprint density at radius 3 is 2.70 bits per heavy atom. The van der Waals surface area contributed by atoms with Gasteiger partial charge in [-0.2, -0.15) is 0 Å². The maximum atomic E-state index is 12.7. The molecule has 0 radical (unpaired) electrons. The van der Waals surface area contributed by atoms with Crippen molar-refractivity contribution in [2.75, 3.05) is 18.5 Å². The van der Waals surface area contributed by atoms with E-state index in [0.29, 0.717) is 41.3 Å². The zero-order valence-corrected chi connectivity index (χ0v) is 16.9. The van der Waals surface area contributed by atoms with Gasteiger partial charge in [0.25, 0.3) is 5.91 Å². The summed E-state index contributed by atoms with van der Waals surface area (Å²) in [5.74, 6) is 1.41. The van der Waals surface area contributed by atoms with Gasteiger partial charge in [0.1, 0.15) is 0 Å². The van der Waals surface area contributed by atoms with Gasteiger partial charge in [0.15, 0.2) is 16.6 Å². The minimum atomic E-state index is -0.219. The highest BCUT2D eigenvalue weighted by Gasteiger charge is 2.14. The Morgan fingerprint density at radius 1 is 1.19 bits per heavy atom. The number of aryl methyl sites for hydroxylation is 1. The maximum absolute atomic E-state index is 12.7. The van der Waals surface area contributed by atoms with Crippen LogP contribution < -0.4 is 14.8 Å². The van der Waals surface area contributed by atoms with Crippen molar-refractivity contribution in [3.63, 3.8) is 0 Å². The summed E-state index contributed by atoms with van der Waals surface area (Å²) < 4.78 is 12.5. The molecule has 0 aliphatic rings. The topological polar surface area (TPSA) is 60.5 Å². The van der Waals surface area contributed by atoms with E-state index in [0.717, 1.165) is 15.8 Å². The van der Waals surface area contributed by atoms with Crippen molar-refractivity contribution in [1.82, 2.24) is 4.98 Å². The first-order valence-electron chi connectivity index (χ1n) is 9.05. The molecule has 5 nitrogen and oxygen atoms in total.